The van der Waals surface area contributed by atoms with Crippen molar-refractivity contribution < 1.29 is 18.0 Å². The molecule has 7 nitrogen and oxygen atoms in total. The molecule has 1 N–H and O–H groups in total. The van der Waals surface area contributed by atoms with E-state index in [9.17, 15) is 18.0 Å². The van der Waals surface area contributed by atoms with Gasteiger partial charge in [0.05, 0.1) is 20.6 Å². The van der Waals surface area contributed by atoms with Crippen LogP contribution in [0.15, 0.2) is 71.6 Å². The number of hydrogen-bond donors (Lipinski definition) is 1. The Labute approximate surface area is 255 Å². The molecular formula is C28H29Cl4N3O4S. The van der Waals surface area contributed by atoms with Crippen molar-refractivity contribution in [1.82, 2.24) is 10.2 Å². The highest BCUT2D eigenvalue weighted by Gasteiger charge is 2.33. The van der Waals surface area contributed by atoms with E-state index in [1.807, 2.05) is 13.8 Å². The largest absolute Gasteiger partial charge is 0.352 e. The molecule has 0 aliphatic rings. The Morgan fingerprint density at radius 2 is 1.55 bits per heavy atom. The van der Waals surface area contributed by atoms with Crippen molar-refractivity contribution >= 4 is 73.9 Å². The maximum atomic E-state index is 13.9. The van der Waals surface area contributed by atoms with Gasteiger partial charge in [-0.2, -0.15) is 0 Å². The summed E-state index contributed by atoms with van der Waals surface area (Å²) in [5, 5.41) is 4.16. The predicted molar refractivity (Wildman–Crippen MR) is 162 cm³/mol. The van der Waals surface area contributed by atoms with E-state index in [1.165, 1.54) is 41.3 Å². The zero-order chi connectivity index (χ0) is 29.6. The van der Waals surface area contributed by atoms with Gasteiger partial charge in [0.1, 0.15) is 12.6 Å². The second-order valence-electron chi connectivity index (χ2n) is 9.21. The molecule has 214 valence electrons. The molecule has 0 heterocycles. The highest BCUT2D eigenvalue weighted by atomic mass is 35.5. The Morgan fingerprint density at radius 3 is 2.15 bits per heavy atom. The summed E-state index contributed by atoms with van der Waals surface area (Å²) in [6, 6.07) is 15.6. The molecule has 12 heteroatoms. The van der Waals surface area contributed by atoms with Crippen molar-refractivity contribution in [3.05, 3.63) is 92.4 Å². The van der Waals surface area contributed by atoms with Crippen molar-refractivity contribution in [3.8, 4) is 0 Å². The van der Waals surface area contributed by atoms with Crippen LogP contribution in [0.5, 0.6) is 0 Å². The van der Waals surface area contributed by atoms with Crippen molar-refractivity contribution in [2.75, 3.05) is 10.8 Å². The maximum Gasteiger partial charge on any atom is 0.264 e. The van der Waals surface area contributed by atoms with E-state index in [0.717, 1.165) is 4.31 Å². The fourth-order valence-corrected chi connectivity index (χ4v) is 5.81. The van der Waals surface area contributed by atoms with Gasteiger partial charge in [-0.1, -0.05) is 65.5 Å². The Hall–Kier alpha value is -2.49. The number of carbonyl (C=O) groups excluding carboxylic acids is 2. The fraction of sp³-hybridized carbons (Fsp3) is 0.286. The highest BCUT2D eigenvalue weighted by Crippen LogP contribution is 2.28. The average Bonchev–Trinajstić information content (AvgIpc) is 2.91. The van der Waals surface area contributed by atoms with Crippen LogP contribution in [0.1, 0.15) is 32.8 Å². The van der Waals surface area contributed by atoms with Gasteiger partial charge in [-0.25, -0.2) is 8.42 Å². The number of rotatable bonds is 11. The lowest BCUT2D eigenvalue weighted by atomic mass is 10.1. The number of hydrogen-bond acceptors (Lipinski definition) is 4. The van der Waals surface area contributed by atoms with E-state index in [4.69, 9.17) is 46.4 Å². The monoisotopic (exact) mass is 643 g/mol. The van der Waals surface area contributed by atoms with Gasteiger partial charge >= 0.3 is 0 Å². The lowest BCUT2D eigenvalue weighted by molar-refractivity contribution is -0.139. The van der Waals surface area contributed by atoms with Gasteiger partial charge in [0.2, 0.25) is 11.8 Å². The fourth-order valence-electron chi connectivity index (χ4n) is 3.78. The van der Waals surface area contributed by atoms with Gasteiger partial charge < -0.3 is 10.2 Å². The molecule has 0 fully saturated rings. The first-order valence-corrected chi connectivity index (χ1v) is 15.4. The van der Waals surface area contributed by atoms with Crippen LogP contribution in [0.3, 0.4) is 0 Å². The molecule has 3 aromatic carbocycles. The Bertz CT molecular complexity index is 1470. The quantitative estimate of drug-likeness (QED) is 0.248. The summed E-state index contributed by atoms with van der Waals surface area (Å²) < 4.78 is 28.6. The van der Waals surface area contributed by atoms with Crippen LogP contribution >= 0.6 is 46.4 Å². The number of nitrogens with one attached hydrogen (secondary N) is 1. The van der Waals surface area contributed by atoms with Crippen LogP contribution in [0.25, 0.3) is 0 Å². The molecule has 3 rings (SSSR count). The first-order chi connectivity index (χ1) is 18.8. The number of sulfonamides is 1. The second kappa shape index (κ2) is 13.9. The smallest absolute Gasteiger partial charge is 0.264 e. The van der Waals surface area contributed by atoms with Crippen molar-refractivity contribution in [1.29, 1.82) is 0 Å². The normalized spacial score (nSPS) is 12.9. The molecule has 40 heavy (non-hydrogen) atoms. The lowest BCUT2D eigenvalue weighted by Gasteiger charge is -2.32. The van der Waals surface area contributed by atoms with Gasteiger partial charge in [0.25, 0.3) is 10.0 Å². The summed E-state index contributed by atoms with van der Waals surface area (Å²) in [4.78, 5) is 28.3. The summed E-state index contributed by atoms with van der Waals surface area (Å²) in [5.41, 5.74) is 0.794. The lowest BCUT2D eigenvalue weighted by Crippen LogP contribution is -2.52. The van der Waals surface area contributed by atoms with Crippen LogP contribution in [0.4, 0.5) is 5.69 Å². The van der Waals surface area contributed by atoms with Gasteiger partial charge in [0.15, 0.2) is 0 Å². The predicted octanol–water partition coefficient (Wildman–Crippen LogP) is 6.83. The minimum Gasteiger partial charge on any atom is -0.352 e. The number of benzene rings is 3. The molecule has 0 spiro atoms. The number of carbonyl (C=O) groups is 2. The van der Waals surface area contributed by atoms with Crippen molar-refractivity contribution in [2.24, 2.45) is 0 Å². The molecule has 3 aromatic rings. The summed E-state index contributed by atoms with van der Waals surface area (Å²) >= 11 is 24.4. The molecule has 0 unspecified atom stereocenters. The molecule has 2 atom stereocenters. The molecule has 2 amide bonds. The van der Waals surface area contributed by atoms with E-state index in [0.29, 0.717) is 22.0 Å². The summed E-state index contributed by atoms with van der Waals surface area (Å²) in [6.07, 6.45) is 0.696. The zero-order valence-corrected chi connectivity index (χ0v) is 25.9. The number of anilines is 1. The van der Waals surface area contributed by atoms with E-state index < -0.39 is 28.5 Å². The summed E-state index contributed by atoms with van der Waals surface area (Å²) in [5.74, 6) is -0.993. The SMILES string of the molecule is CC[C@H](C)NC(=O)[C@H](C)N(Cc1ccc(Cl)c(Cl)c1)C(=O)CN(c1cccc(Cl)c1)S(=O)(=O)c1ccc(Cl)cc1. The van der Waals surface area contributed by atoms with Gasteiger partial charge in [0, 0.05) is 22.6 Å². The van der Waals surface area contributed by atoms with E-state index >= 15 is 0 Å². The Kier molecular flexibility index (Phi) is 11.1. The van der Waals surface area contributed by atoms with Crippen LogP contribution in [-0.2, 0) is 26.2 Å². The third kappa shape index (κ3) is 8.04. The van der Waals surface area contributed by atoms with Crippen LogP contribution in [0, 0.1) is 0 Å². The second-order valence-corrected chi connectivity index (χ2v) is 12.8. The number of nitrogens with zero attached hydrogens (tertiary/aromatic N) is 2. The third-order valence-corrected chi connectivity index (χ3v) is 9.30. The molecular weight excluding hydrogens is 616 g/mol. The highest BCUT2D eigenvalue weighted by molar-refractivity contribution is 7.92. The van der Waals surface area contributed by atoms with E-state index in [2.05, 4.69) is 5.32 Å². The van der Waals surface area contributed by atoms with Crippen LogP contribution < -0.4 is 9.62 Å². The van der Waals surface area contributed by atoms with Gasteiger partial charge in [-0.05, 0) is 80.4 Å². The minimum atomic E-state index is -4.24. The summed E-state index contributed by atoms with van der Waals surface area (Å²) in [7, 11) is -4.24. The number of halogens is 4. The van der Waals surface area contributed by atoms with Gasteiger partial charge in [-0.15, -0.1) is 0 Å². The molecule has 0 bridgehead atoms. The topological polar surface area (TPSA) is 86.8 Å². The Morgan fingerprint density at radius 1 is 0.875 bits per heavy atom. The van der Waals surface area contributed by atoms with E-state index in [1.54, 1.807) is 37.3 Å². The molecule has 0 aliphatic heterocycles. The van der Waals surface area contributed by atoms with Crippen molar-refractivity contribution in [3.63, 3.8) is 0 Å². The molecule has 0 saturated heterocycles. The molecule has 0 saturated carbocycles. The minimum absolute atomic E-state index is 0.0187. The zero-order valence-electron chi connectivity index (χ0n) is 22.1. The van der Waals surface area contributed by atoms with Crippen LogP contribution in [0.2, 0.25) is 20.1 Å². The Balaban J connectivity index is 2.04. The molecule has 0 radical (unpaired) electrons. The first-order valence-electron chi connectivity index (χ1n) is 12.4. The third-order valence-electron chi connectivity index (χ3n) is 6.28. The van der Waals surface area contributed by atoms with Crippen molar-refractivity contribution in [2.45, 2.75) is 50.7 Å². The summed E-state index contributed by atoms with van der Waals surface area (Å²) in [6.45, 7) is 4.75. The van der Waals surface area contributed by atoms with E-state index in [-0.39, 0.29) is 39.1 Å². The van der Waals surface area contributed by atoms with Crippen LogP contribution in [-0.4, -0.2) is 43.8 Å². The standard InChI is InChI=1S/C28H29Cl4N3O4S/c1-4-18(2)33-28(37)19(3)34(16-20-8-13-25(31)26(32)14-20)27(36)17-35(23-7-5-6-22(30)15-23)40(38,39)24-11-9-21(29)10-12-24/h5-15,18-19H,4,16-17H2,1-3H3,(H,33,37)/t18-,19-/m0/s1. The average molecular weight is 645 g/mol. The molecule has 0 aliphatic carbocycles. The maximum absolute atomic E-state index is 13.9. The number of amides is 2. The van der Waals surface area contributed by atoms with Gasteiger partial charge in [-0.3, -0.25) is 13.9 Å². The first kappa shape index (κ1) is 32.0. The molecule has 0 aromatic heterocycles.